The molecule has 0 unspecified atom stereocenters. The number of carbonyl (C=O) groups excluding carboxylic acids is 1. The van der Waals surface area contributed by atoms with Crippen molar-refractivity contribution in [2.75, 3.05) is 11.9 Å². The van der Waals surface area contributed by atoms with E-state index in [0.717, 1.165) is 19.3 Å². The number of thiocarbonyl (C=S) groups is 1. The van der Waals surface area contributed by atoms with Crippen LogP contribution in [0.2, 0.25) is 0 Å². The maximum absolute atomic E-state index is 11.8. The quantitative estimate of drug-likeness (QED) is 0.482. The van der Waals surface area contributed by atoms with Crippen molar-refractivity contribution in [2.24, 2.45) is 0 Å². The topological polar surface area (TPSA) is 50.4 Å². The van der Waals surface area contributed by atoms with Crippen molar-refractivity contribution in [1.82, 2.24) is 5.32 Å². The van der Waals surface area contributed by atoms with Gasteiger partial charge in [0.05, 0.1) is 0 Å². The van der Waals surface area contributed by atoms with E-state index >= 15 is 0 Å². The standard InChI is InChI=1S/C16H14BrIN2O2S/c1-10-8-12(18)4-7-14(10)19-16(23)20-15(21)9-22-13-5-2-11(17)3-6-13/h2-8H,9H2,1H3,(H2,19,20,21,23). The van der Waals surface area contributed by atoms with Gasteiger partial charge in [0, 0.05) is 13.7 Å². The Labute approximate surface area is 162 Å². The molecule has 0 saturated carbocycles. The van der Waals surface area contributed by atoms with Crippen LogP contribution >= 0.6 is 50.7 Å². The lowest BCUT2D eigenvalue weighted by Crippen LogP contribution is -2.37. The van der Waals surface area contributed by atoms with Crippen molar-refractivity contribution in [3.8, 4) is 5.75 Å². The predicted molar refractivity (Wildman–Crippen MR) is 108 cm³/mol. The zero-order valence-corrected chi connectivity index (χ0v) is 16.8. The molecule has 4 nitrogen and oxygen atoms in total. The lowest BCUT2D eigenvalue weighted by atomic mass is 10.2. The van der Waals surface area contributed by atoms with Gasteiger partial charge in [-0.25, -0.2) is 0 Å². The monoisotopic (exact) mass is 504 g/mol. The van der Waals surface area contributed by atoms with Gasteiger partial charge < -0.3 is 10.1 Å². The molecule has 0 aliphatic rings. The highest BCUT2D eigenvalue weighted by Gasteiger charge is 2.07. The fraction of sp³-hybridized carbons (Fsp3) is 0.125. The third-order valence-corrected chi connectivity index (χ3v) is 4.28. The van der Waals surface area contributed by atoms with E-state index in [2.05, 4.69) is 49.2 Å². The largest absolute Gasteiger partial charge is 0.484 e. The fourth-order valence-corrected chi connectivity index (χ4v) is 2.90. The van der Waals surface area contributed by atoms with E-state index in [0.29, 0.717) is 5.75 Å². The van der Waals surface area contributed by atoms with Crippen molar-refractivity contribution >= 4 is 67.4 Å². The molecule has 2 N–H and O–H groups in total. The molecule has 1 amide bonds. The Morgan fingerprint density at radius 3 is 2.61 bits per heavy atom. The van der Waals surface area contributed by atoms with E-state index in [-0.39, 0.29) is 17.6 Å². The highest BCUT2D eigenvalue weighted by atomic mass is 127. The third kappa shape index (κ3) is 6.08. The molecule has 120 valence electrons. The molecule has 0 atom stereocenters. The Hall–Kier alpha value is -1.19. The number of halogens is 2. The summed E-state index contributed by atoms with van der Waals surface area (Å²) in [5.74, 6) is 0.310. The number of benzene rings is 2. The van der Waals surface area contributed by atoms with Gasteiger partial charge in [0.15, 0.2) is 11.7 Å². The van der Waals surface area contributed by atoms with Gasteiger partial charge in [0.25, 0.3) is 5.91 Å². The highest BCUT2D eigenvalue weighted by Crippen LogP contribution is 2.18. The molecule has 2 aromatic rings. The van der Waals surface area contributed by atoms with Gasteiger partial charge in [-0.2, -0.15) is 0 Å². The van der Waals surface area contributed by atoms with Gasteiger partial charge in [-0.15, -0.1) is 0 Å². The van der Waals surface area contributed by atoms with Crippen LogP contribution in [0.1, 0.15) is 5.56 Å². The molecule has 2 aromatic carbocycles. The Morgan fingerprint density at radius 2 is 1.96 bits per heavy atom. The van der Waals surface area contributed by atoms with E-state index in [1.807, 2.05) is 37.3 Å². The number of rotatable bonds is 4. The van der Waals surface area contributed by atoms with Gasteiger partial charge in [-0.3, -0.25) is 10.1 Å². The highest BCUT2D eigenvalue weighted by molar-refractivity contribution is 14.1. The van der Waals surface area contributed by atoms with Crippen molar-refractivity contribution in [3.63, 3.8) is 0 Å². The number of hydrogen-bond donors (Lipinski definition) is 2. The smallest absolute Gasteiger partial charge is 0.264 e. The number of amides is 1. The van der Waals surface area contributed by atoms with Crippen molar-refractivity contribution in [1.29, 1.82) is 0 Å². The normalized spacial score (nSPS) is 10.0. The summed E-state index contributed by atoms with van der Waals surface area (Å²) >= 11 is 10.7. The van der Waals surface area contributed by atoms with Gasteiger partial charge >= 0.3 is 0 Å². The maximum Gasteiger partial charge on any atom is 0.264 e. The number of carbonyl (C=O) groups is 1. The third-order valence-electron chi connectivity index (χ3n) is 2.87. The number of nitrogens with one attached hydrogen (secondary N) is 2. The summed E-state index contributed by atoms with van der Waals surface area (Å²) < 4.78 is 7.49. The summed E-state index contributed by atoms with van der Waals surface area (Å²) in [5.41, 5.74) is 1.92. The summed E-state index contributed by atoms with van der Waals surface area (Å²) in [5, 5.41) is 5.85. The molecule has 0 aliphatic heterocycles. The second-order valence-corrected chi connectivity index (χ2v) is 7.27. The average molecular weight is 505 g/mol. The zero-order valence-electron chi connectivity index (χ0n) is 12.2. The Morgan fingerprint density at radius 1 is 1.26 bits per heavy atom. The fourth-order valence-electron chi connectivity index (χ4n) is 1.76. The first-order valence-electron chi connectivity index (χ1n) is 6.69. The first kappa shape index (κ1) is 18.2. The zero-order chi connectivity index (χ0) is 16.8. The van der Waals surface area contributed by atoms with Gasteiger partial charge in [-0.1, -0.05) is 15.9 Å². The van der Waals surface area contributed by atoms with Crippen LogP contribution in [0.5, 0.6) is 5.75 Å². The molecular formula is C16H14BrIN2O2S. The van der Waals surface area contributed by atoms with Crippen LogP contribution in [0.3, 0.4) is 0 Å². The molecule has 0 aliphatic carbocycles. The first-order valence-corrected chi connectivity index (χ1v) is 8.97. The molecule has 0 aromatic heterocycles. The van der Waals surface area contributed by atoms with Crippen LogP contribution in [0.25, 0.3) is 0 Å². The van der Waals surface area contributed by atoms with Crippen LogP contribution in [0, 0.1) is 10.5 Å². The number of aryl methyl sites for hydroxylation is 1. The summed E-state index contributed by atoms with van der Waals surface area (Å²) in [7, 11) is 0. The van der Waals surface area contributed by atoms with Crippen LogP contribution < -0.4 is 15.4 Å². The Balaban J connectivity index is 1.82. The van der Waals surface area contributed by atoms with Gasteiger partial charge in [0.2, 0.25) is 0 Å². The molecule has 0 bridgehead atoms. The summed E-state index contributed by atoms with van der Waals surface area (Å²) in [6, 6.07) is 13.2. The predicted octanol–water partition coefficient (Wildman–Crippen LogP) is 4.25. The molecular weight excluding hydrogens is 491 g/mol. The minimum Gasteiger partial charge on any atom is -0.484 e. The minimum absolute atomic E-state index is 0.102. The van der Waals surface area contributed by atoms with Gasteiger partial charge in [-0.05, 0) is 89.8 Å². The summed E-state index contributed by atoms with van der Waals surface area (Å²) in [4.78, 5) is 11.8. The maximum atomic E-state index is 11.8. The lowest BCUT2D eigenvalue weighted by molar-refractivity contribution is -0.121. The van der Waals surface area contributed by atoms with E-state index in [1.54, 1.807) is 12.1 Å². The van der Waals surface area contributed by atoms with Crippen LogP contribution in [-0.2, 0) is 4.79 Å². The summed E-state index contributed by atoms with van der Waals surface area (Å²) in [6.45, 7) is 1.88. The van der Waals surface area contributed by atoms with E-state index in [1.165, 1.54) is 0 Å². The van der Waals surface area contributed by atoms with E-state index in [4.69, 9.17) is 17.0 Å². The number of anilines is 1. The molecule has 0 spiro atoms. The van der Waals surface area contributed by atoms with Crippen molar-refractivity contribution in [3.05, 3.63) is 56.1 Å². The Kier molecular flexibility index (Phi) is 6.79. The molecule has 0 saturated heterocycles. The molecule has 0 radical (unpaired) electrons. The van der Waals surface area contributed by atoms with E-state index < -0.39 is 0 Å². The van der Waals surface area contributed by atoms with Crippen LogP contribution in [0.15, 0.2) is 46.9 Å². The van der Waals surface area contributed by atoms with E-state index in [9.17, 15) is 4.79 Å². The summed E-state index contributed by atoms with van der Waals surface area (Å²) in [6.07, 6.45) is 0. The molecule has 23 heavy (non-hydrogen) atoms. The van der Waals surface area contributed by atoms with Crippen molar-refractivity contribution < 1.29 is 9.53 Å². The molecule has 0 heterocycles. The SMILES string of the molecule is Cc1cc(I)ccc1NC(=S)NC(=O)COc1ccc(Br)cc1. The molecule has 0 fully saturated rings. The van der Waals surface area contributed by atoms with Crippen LogP contribution in [-0.4, -0.2) is 17.6 Å². The Bertz CT molecular complexity index is 723. The lowest BCUT2D eigenvalue weighted by Gasteiger charge is -2.12. The second-order valence-electron chi connectivity index (χ2n) is 4.70. The second kappa shape index (κ2) is 8.60. The van der Waals surface area contributed by atoms with Crippen molar-refractivity contribution in [2.45, 2.75) is 6.92 Å². The number of hydrogen-bond acceptors (Lipinski definition) is 3. The number of ether oxygens (including phenoxy) is 1. The average Bonchev–Trinajstić information content (AvgIpc) is 2.49. The van der Waals surface area contributed by atoms with Gasteiger partial charge in [0.1, 0.15) is 5.75 Å². The van der Waals surface area contributed by atoms with Crippen LogP contribution in [0.4, 0.5) is 5.69 Å². The first-order chi connectivity index (χ1) is 10.9. The molecule has 7 heteroatoms. The molecule has 2 rings (SSSR count). The minimum atomic E-state index is -0.311.